The monoisotopic (exact) mass is 357 g/mol. The standard InChI is InChI=1S/C18H19N3O3S/c22-16(20-18-19-12-6-2-1-3-9-15(12)25-18)10-21-11-17(23)24-14-8-5-4-7-13(14)21/h4-5,7-8H,1-3,6,9-11H2,(H,19,20,22). The first-order valence-corrected chi connectivity index (χ1v) is 9.34. The van der Waals surface area contributed by atoms with Crippen molar-refractivity contribution >= 4 is 34.0 Å². The van der Waals surface area contributed by atoms with Crippen LogP contribution in [0, 0.1) is 0 Å². The summed E-state index contributed by atoms with van der Waals surface area (Å²) >= 11 is 1.57. The third-order valence-corrected chi connectivity index (χ3v) is 5.50. The van der Waals surface area contributed by atoms with Gasteiger partial charge in [0.1, 0.15) is 6.54 Å². The number of carbonyl (C=O) groups is 2. The van der Waals surface area contributed by atoms with Crippen LogP contribution in [-0.2, 0) is 22.4 Å². The summed E-state index contributed by atoms with van der Waals surface area (Å²) in [6, 6.07) is 7.24. The molecule has 1 aliphatic heterocycles. The normalized spacial score (nSPS) is 16.5. The lowest BCUT2D eigenvalue weighted by Gasteiger charge is -2.28. The number of ether oxygens (including phenoxy) is 1. The van der Waals surface area contributed by atoms with Crippen molar-refractivity contribution in [3.8, 4) is 5.75 Å². The lowest BCUT2D eigenvalue weighted by molar-refractivity contribution is -0.133. The molecule has 0 unspecified atom stereocenters. The molecule has 2 aromatic rings. The molecule has 130 valence electrons. The number of thiazole rings is 1. The van der Waals surface area contributed by atoms with Crippen molar-refractivity contribution in [1.82, 2.24) is 4.98 Å². The Labute approximate surface area is 149 Å². The number of carbonyl (C=O) groups excluding carboxylic acids is 2. The Kier molecular flexibility index (Phi) is 4.40. The van der Waals surface area contributed by atoms with Crippen molar-refractivity contribution < 1.29 is 14.3 Å². The summed E-state index contributed by atoms with van der Waals surface area (Å²) in [6.45, 7) is 0.162. The van der Waals surface area contributed by atoms with Gasteiger partial charge in [0.2, 0.25) is 5.91 Å². The van der Waals surface area contributed by atoms with Gasteiger partial charge in [-0.25, -0.2) is 9.78 Å². The number of nitrogens with one attached hydrogen (secondary N) is 1. The number of hydrogen-bond donors (Lipinski definition) is 1. The minimum absolute atomic E-state index is 0.0683. The van der Waals surface area contributed by atoms with Gasteiger partial charge in [0, 0.05) is 4.88 Å². The van der Waals surface area contributed by atoms with Gasteiger partial charge in [0.05, 0.1) is 17.9 Å². The zero-order valence-corrected chi connectivity index (χ0v) is 14.6. The number of para-hydroxylation sites is 2. The van der Waals surface area contributed by atoms with Gasteiger partial charge in [0.15, 0.2) is 10.9 Å². The fourth-order valence-corrected chi connectivity index (χ4v) is 4.32. The molecule has 0 fully saturated rings. The fraction of sp³-hybridized carbons (Fsp3) is 0.389. The molecule has 0 saturated carbocycles. The summed E-state index contributed by atoms with van der Waals surface area (Å²) in [4.78, 5) is 31.8. The van der Waals surface area contributed by atoms with Crippen molar-refractivity contribution in [1.29, 1.82) is 0 Å². The van der Waals surface area contributed by atoms with E-state index in [1.54, 1.807) is 28.4 Å². The molecule has 6 nitrogen and oxygen atoms in total. The Bertz CT molecular complexity index is 794. The quantitative estimate of drug-likeness (QED) is 0.520. The number of rotatable bonds is 3. The second-order valence-corrected chi connectivity index (χ2v) is 7.38. The second-order valence-electron chi connectivity index (χ2n) is 6.30. The van der Waals surface area contributed by atoms with Crippen LogP contribution < -0.4 is 15.0 Å². The summed E-state index contributed by atoms with van der Waals surface area (Å²) in [5, 5.41) is 3.54. The Morgan fingerprint density at radius 1 is 1.24 bits per heavy atom. The predicted molar refractivity (Wildman–Crippen MR) is 96.3 cm³/mol. The van der Waals surface area contributed by atoms with E-state index < -0.39 is 0 Å². The largest absolute Gasteiger partial charge is 0.423 e. The van der Waals surface area contributed by atoms with E-state index in [2.05, 4.69) is 10.3 Å². The zero-order valence-electron chi connectivity index (χ0n) is 13.8. The third kappa shape index (κ3) is 3.51. The van der Waals surface area contributed by atoms with Gasteiger partial charge in [0.25, 0.3) is 0 Å². The highest BCUT2D eigenvalue weighted by Gasteiger charge is 2.25. The van der Waals surface area contributed by atoms with Crippen molar-refractivity contribution in [2.45, 2.75) is 32.1 Å². The number of benzene rings is 1. The van der Waals surface area contributed by atoms with Crippen LogP contribution >= 0.6 is 11.3 Å². The zero-order chi connectivity index (χ0) is 17.2. The molecular formula is C18H19N3O3S. The van der Waals surface area contributed by atoms with E-state index in [0.717, 1.165) is 30.6 Å². The van der Waals surface area contributed by atoms with E-state index in [9.17, 15) is 9.59 Å². The lowest BCUT2D eigenvalue weighted by atomic mass is 10.2. The Morgan fingerprint density at radius 2 is 2.08 bits per heavy atom. The van der Waals surface area contributed by atoms with Crippen LogP contribution in [0.15, 0.2) is 24.3 Å². The van der Waals surface area contributed by atoms with E-state index >= 15 is 0 Å². The molecule has 2 heterocycles. The van der Waals surface area contributed by atoms with E-state index in [0.29, 0.717) is 10.9 Å². The number of aromatic nitrogens is 1. The highest BCUT2D eigenvalue weighted by Crippen LogP contribution is 2.32. The average molecular weight is 357 g/mol. The minimum atomic E-state index is -0.354. The Morgan fingerprint density at radius 3 is 3.00 bits per heavy atom. The van der Waals surface area contributed by atoms with Crippen molar-refractivity contribution in [2.24, 2.45) is 0 Å². The molecule has 1 N–H and O–H groups in total. The first-order valence-electron chi connectivity index (χ1n) is 8.52. The molecule has 0 bridgehead atoms. The molecule has 1 aromatic heterocycles. The van der Waals surface area contributed by atoms with Gasteiger partial charge < -0.3 is 15.0 Å². The van der Waals surface area contributed by atoms with Crippen molar-refractivity contribution in [3.63, 3.8) is 0 Å². The van der Waals surface area contributed by atoms with E-state index in [4.69, 9.17) is 4.74 Å². The van der Waals surface area contributed by atoms with Crippen LogP contribution in [0.1, 0.15) is 29.8 Å². The predicted octanol–water partition coefficient (Wildman–Crippen LogP) is 2.78. The molecule has 0 spiro atoms. The van der Waals surface area contributed by atoms with E-state index in [-0.39, 0.29) is 25.0 Å². The molecule has 1 amide bonds. The van der Waals surface area contributed by atoms with Gasteiger partial charge in [-0.05, 0) is 37.8 Å². The highest BCUT2D eigenvalue weighted by molar-refractivity contribution is 7.15. The van der Waals surface area contributed by atoms with E-state index in [1.165, 1.54) is 17.7 Å². The second kappa shape index (κ2) is 6.84. The van der Waals surface area contributed by atoms with Gasteiger partial charge in [-0.2, -0.15) is 0 Å². The molecule has 2 aliphatic rings. The SMILES string of the molecule is O=C(CN1CC(=O)Oc2ccccc21)Nc1nc2c(s1)CCCCC2. The van der Waals surface area contributed by atoms with Gasteiger partial charge in [-0.1, -0.05) is 18.6 Å². The number of esters is 1. The molecule has 0 atom stereocenters. The first-order chi connectivity index (χ1) is 12.2. The van der Waals surface area contributed by atoms with Crippen LogP contribution in [0.25, 0.3) is 0 Å². The maximum absolute atomic E-state index is 12.4. The maximum Gasteiger partial charge on any atom is 0.331 e. The first kappa shape index (κ1) is 16.1. The lowest BCUT2D eigenvalue weighted by Crippen LogP contribution is -2.41. The van der Waals surface area contributed by atoms with Crippen molar-refractivity contribution in [3.05, 3.63) is 34.8 Å². The van der Waals surface area contributed by atoms with Crippen molar-refractivity contribution in [2.75, 3.05) is 23.3 Å². The summed E-state index contributed by atoms with van der Waals surface area (Å²) in [5.41, 5.74) is 1.89. The number of nitrogens with zero attached hydrogens (tertiary/aromatic N) is 2. The molecule has 1 aromatic carbocycles. The Hall–Kier alpha value is -2.41. The molecule has 1 aliphatic carbocycles. The third-order valence-electron chi connectivity index (χ3n) is 4.43. The van der Waals surface area contributed by atoms with Crippen LogP contribution in [0.3, 0.4) is 0 Å². The molecule has 25 heavy (non-hydrogen) atoms. The van der Waals surface area contributed by atoms with Crippen LogP contribution in [-0.4, -0.2) is 29.9 Å². The number of hydrogen-bond acceptors (Lipinski definition) is 6. The van der Waals surface area contributed by atoms with Gasteiger partial charge in [-0.3, -0.25) is 4.79 Å². The summed E-state index contributed by atoms with van der Waals surface area (Å²) in [6.07, 6.45) is 5.64. The number of aryl methyl sites for hydroxylation is 2. The van der Waals surface area contributed by atoms with Crippen LogP contribution in [0.5, 0.6) is 5.75 Å². The number of anilines is 2. The topological polar surface area (TPSA) is 71.5 Å². The fourth-order valence-electron chi connectivity index (χ4n) is 3.26. The summed E-state index contributed by atoms with van der Waals surface area (Å²) in [7, 11) is 0. The summed E-state index contributed by atoms with van der Waals surface area (Å²) < 4.78 is 5.21. The minimum Gasteiger partial charge on any atom is -0.423 e. The maximum atomic E-state index is 12.4. The number of amides is 1. The van der Waals surface area contributed by atoms with E-state index in [1.807, 2.05) is 12.1 Å². The molecule has 0 radical (unpaired) electrons. The smallest absolute Gasteiger partial charge is 0.331 e. The number of fused-ring (bicyclic) bond motifs is 2. The van der Waals surface area contributed by atoms with Gasteiger partial charge in [-0.15, -0.1) is 11.3 Å². The Balaban J connectivity index is 1.45. The molecular weight excluding hydrogens is 338 g/mol. The molecule has 7 heteroatoms. The highest BCUT2D eigenvalue weighted by atomic mass is 32.1. The van der Waals surface area contributed by atoms with Crippen LogP contribution in [0.4, 0.5) is 10.8 Å². The summed E-state index contributed by atoms with van der Waals surface area (Å²) in [5.74, 6) is -0.0339. The molecule has 4 rings (SSSR count). The molecule has 0 saturated heterocycles. The van der Waals surface area contributed by atoms with Crippen LogP contribution in [0.2, 0.25) is 0 Å². The van der Waals surface area contributed by atoms with Gasteiger partial charge >= 0.3 is 5.97 Å². The average Bonchev–Trinajstić information content (AvgIpc) is 2.82.